The number of ketones is 2. The highest BCUT2D eigenvalue weighted by Crippen LogP contribution is 2.67. The SMILES string of the molecule is CC(=O)[C@H]1C(C)C[C@H]2[C@@H]3CCC4=CC(=O)C=C[C@]4(C)[C@H]3CC[C@]12C. The summed E-state index contributed by atoms with van der Waals surface area (Å²) in [7, 11) is 0. The molecule has 24 heavy (non-hydrogen) atoms. The van der Waals surface area contributed by atoms with E-state index in [9.17, 15) is 9.59 Å². The molecule has 0 aromatic rings. The van der Waals surface area contributed by atoms with Crippen molar-refractivity contribution < 1.29 is 9.59 Å². The molecule has 3 saturated carbocycles. The first-order valence-corrected chi connectivity index (χ1v) is 9.72. The number of allylic oxidation sites excluding steroid dienone is 4. The molecular weight excluding hydrogens is 296 g/mol. The predicted octanol–water partition coefficient (Wildman–Crippen LogP) is 4.75. The second kappa shape index (κ2) is 5.16. The summed E-state index contributed by atoms with van der Waals surface area (Å²) < 4.78 is 0. The van der Waals surface area contributed by atoms with Crippen LogP contribution in [0.25, 0.3) is 0 Å². The van der Waals surface area contributed by atoms with Crippen LogP contribution in [0.3, 0.4) is 0 Å². The molecule has 0 aromatic heterocycles. The van der Waals surface area contributed by atoms with Crippen molar-refractivity contribution in [3.05, 3.63) is 23.8 Å². The van der Waals surface area contributed by atoms with Crippen LogP contribution >= 0.6 is 0 Å². The van der Waals surface area contributed by atoms with E-state index in [1.807, 2.05) is 6.08 Å². The molecule has 0 aliphatic heterocycles. The van der Waals surface area contributed by atoms with Crippen LogP contribution in [0.15, 0.2) is 23.8 Å². The molecule has 4 aliphatic rings. The lowest BCUT2D eigenvalue weighted by Gasteiger charge is -2.56. The van der Waals surface area contributed by atoms with Gasteiger partial charge in [-0.1, -0.05) is 32.4 Å². The van der Waals surface area contributed by atoms with Gasteiger partial charge in [0.25, 0.3) is 0 Å². The summed E-state index contributed by atoms with van der Waals surface area (Å²) in [5.41, 5.74) is 1.61. The maximum Gasteiger partial charge on any atom is 0.178 e. The molecule has 0 saturated heterocycles. The van der Waals surface area contributed by atoms with Gasteiger partial charge in [0.1, 0.15) is 5.78 Å². The number of carbonyl (C=O) groups excluding carboxylic acids is 2. The Balaban J connectivity index is 1.70. The van der Waals surface area contributed by atoms with Gasteiger partial charge >= 0.3 is 0 Å². The molecule has 4 aliphatic carbocycles. The van der Waals surface area contributed by atoms with Crippen LogP contribution in [0.1, 0.15) is 59.8 Å². The molecule has 3 fully saturated rings. The van der Waals surface area contributed by atoms with Gasteiger partial charge in [-0.15, -0.1) is 0 Å². The highest BCUT2D eigenvalue weighted by atomic mass is 16.1. The van der Waals surface area contributed by atoms with E-state index in [-0.39, 0.29) is 22.5 Å². The zero-order valence-corrected chi connectivity index (χ0v) is 15.5. The number of Topliss-reactive ketones (excluding diaryl/α,β-unsaturated/α-hetero) is 1. The van der Waals surface area contributed by atoms with Gasteiger partial charge in [-0.3, -0.25) is 9.59 Å². The van der Waals surface area contributed by atoms with Crippen molar-refractivity contribution in [3.8, 4) is 0 Å². The minimum atomic E-state index is 0.0652. The molecule has 4 rings (SSSR count). The second-order valence-electron chi connectivity index (χ2n) is 9.45. The van der Waals surface area contributed by atoms with Crippen molar-refractivity contribution in [2.75, 3.05) is 0 Å². The van der Waals surface area contributed by atoms with Crippen LogP contribution < -0.4 is 0 Å². The van der Waals surface area contributed by atoms with E-state index in [0.717, 1.165) is 12.8 Å². The molecule has 1 unspecified atom stereocenters. The van der Waals surface area contributed by atoms with E-state index in [1.165, 1.54) is 24.8 Å². The normalized spacial score (nSPS) is 49.9. The van der Waals surface area contributed by atoms with Gasteiger partial charge in [-0.25, -0.2) is 0 Å². The lowest BCUT2D eigenvalue weighted by atomic mass is 9.47. The van der Waals surface area contributed by atoms with Crippen molar-refractivity contribution in [1.29, 1.82) is 0 Å². The standard InChI is InChI=1S/C22H30O2/c1-13-11-19-17-6-5-15-12-16(24)7-9-21(15,3)18(17)8-10-22(19,4)20(13)14(2)23/h7,9,12-13,17-20H,5-6,8,10-11H2,1-4H3/t13?,17-,18+,19+,20-,21+,22+/m1/s1. The predicted molar refractivity (Wildman–Crippen MR) is 95.3 cm³/mol. The van der Waals surface area contributed by atoms with Crippen LogP contribution in [0.2, 0.25) is 0 Å². The zero-order chi connectivity index (χ0) is 17.3. The molecule has 0 heterocycles. The van der Waals surface area contributed by atoms with E-state index in [2.05, 4.69) is 26.8 Å². The maximum atomic E-state index is 12.3. The fraction of sp³-hybridized carbons (Fsp3) is 0.727. The second-order valence-corrected chi connectivity index (χ2v) is 9.45. The summed E-state index contributed by atoms with van der Waals surface area (Å²) in [6.45, 7) is 8.85. The molecule has 130 valence electrons. The molecular formula is C22H30O2. The zero-order valence-electron chi connectivity index (χ0n) is 15.5. The Labute approximate surface area is 145 Å². The number of hydrogen-bond donors (Lipinski definition) is 0. The van der Waals surface area contributed by atoms with Crippen molar-refractivity contribution in [2.24, 2.45) is 40.4 Å². The van der Waals surface area contributed by atoms with Gasteiger partial charge in [0, 0.05) is 11.3 Å². The minimum Gasteiger partial charge on any atom is -0.300 e. The first-order valence-electron chi connectivity index (χ1n) is 9.72. The van der Waals surface area contributed by atoms with Crippen LogP contribution in [0, 0.1) is 40.4 Å². The van der Waals surface area contributed by atoms with Gasteiger partial charge in [0.05, 0.1) is 0 Å². The van der Waals surface area contributed by atoms with Gasteiger partial charge < -0.3 is 0 Å². The first kappa shape index (κ1) is 16.3. The Hall–Kier alpha value is -1.18. The van der Waals surface area contributed by atoms with Crippen LogP contribution in [0.5, 0.6) is 0 Å². The summed E-state index contributed by atoms with van der Waals surface area (Å²) in [4.78, 5) is 24.2. The molecule has 0 N–H and O–H groups in total. The number of carbonyl (C=O) groups is 2. The van der Waals surface area contributed by atoms with Crippen molar-refractivity contribution in [1.82, 2.24) is 0 Å². The summed E-state index contributed by atoms with van der Waals surface area (Å²) in [5, 5.41) is 0. The minimum absolute atomic E-state index is 0.0652. The largest absolute Gasteiger partial charge is 0.300 e. The number of rotatable bonds is 1. The third-order valence-electron chi connectivity index (χ3n) is 8.34. The first-order chi connectivity index (χ1) is 11.3. The molecule has 7 atom stereocenters. The Morgan fingerprint density at radius 2 is 1.96 bits per heavy atom. The average molecular weight is 326 g/mol. The van der Waals surface area contributed by atoms with Crippen LogP contribution in [0.4, 0.5) is 0 Å². The van der Waals surface area contributed by atoms with Crippen molar-refractivity contribution >= 4 is 11.6 Å². The third-order valence-corrected chi connectivity index (χ3v) is 8.34. The van der Waals surface area contributed by atoms with E-state index < -0.39 is 0 Å². The lowest BCUT2D eigenvalue weighted by molar-refractivity contribution is -0.128. The monoisotopic (exact) mass is 326 g/mol. The molecule has 2 heteroatoms. The fourth-order valence-electron chi connectivity index (χ4n) is 7.43. The van der Waals surface area contributed by atoms with Gasteiger partial charge in [0.2, 0.25) is 0 Å². The Kier molecular flexibility index (Phi) is 3.50. The smallest absolute Gasteiger partial charge is 0.178 e. The number of fused-ring (bicyclic) bond motifs is 5. The topological polar surface area (TPSA) is 34.1 Å². The van der Waals surface area contributed by atoms with E-state index in [1.54, 1.807) is 13.0 Å². The van der Waals surface area contributed by atoms with Crippen molar-refractivity contribution in [3.63, 3.8) is 0 Å². The highest BCUT2D eigenvalue weighted by Gasteiger charge is 2.61. The Morgan fingerprint density at radius 3 is 2.67 bits per heavy atom. The summed E-state index contributed by atoms with van der Waals surface area (Å²) in [6.07, 6.45) is 11.7. The van der Waals surface area contributed by atoms with Gasteiger partial charge in [-0.05, 0) is 80.3 Å². The van der Waals surface area contributed by atoms with Gasteiger partial charge in [0.15, 0.2) is 5.78 Å². The summed E-state index contributed by atoms with van der Waals surface area (Å²) in [6, 6.07) is 0. The molecule has 0 spiro atoms. The van der Waals surface area contributed by atoms with E-state index >= 15 is 0 Å². The fourth-order valence-corrected chi connectivity index (χ4v) is 7.43. The molecule has 0 amide bonds. The molecule has 0 aromatic carbocycles. The average Bonchev–Trinajstić information content (AvgIpc) is 2.78. The van der Waals surface area contributed by atoms with E-state index in [0.29, 0.717) is 29.5 Å². The number of hydrogen-bond acceptors (Lipinski definition) is 2. The van der Waals surface area contributed by atoms with Crippen LogP contribution in [-0.2, 0) is 9.59 Å². The lowest BCUT2D eigenvalue weighted by Crippen LogP contribution is -2.50. The van der Waals surface area contributed by atoms with Crippen molar-refractivity contribution in [2.45, 2.75) is 59.8 Å². The van der Waals surface area contributed by atoms with E-state index in [4.69, 9.17) is 0 Å². The van der Waals surface area contributed by atoms with Crippen LogP contribution in [-0.4, -0.2) is 11.6 Å². The van der Waals surface area contributed by atoms with Gasteiger partial charge in [-0.2, -0.15) is 0 Å². The Morgan fingerprint density at radius 1 is 1.21 bits per heavy atom. The summed E-state index contributed by atoms with van der Waals surface area (Å²) in [5.74, 6) is 3.34. The summed E-state index contributed by atoms with van der Waals surface area (Å²) >= 11 is 0. The molecule has 0 radical (unpaired) electrons. The quantitative estimate of drug-likeness (QED) is 0.697. The molecule has 0 bridgehead atoms. The maximum absolute atomic E-state index is 12.3. The third kappa shape index (κ3) is 2.01. The highest BCUT2D eigenvalue weighted by molar-refractivity contribution is 6.01. The molecule has 2 nitrogen and oxygen atoms in total. The Bertz CT molecular complexity index is 657.